The van der Waals surface area contributed by atoms with Crippen LogP contribution in [0.4, 0.5) is 11.5 Å². The van der Waals surface area contributed by atoms with E-state index in [4.69, 9.17) is 9.47 Å². The van der Waals surface area contributed by atoms with Gasteiger partial charge in [0.2, 0.25) is 0 Å². The van der Waals surface area contributed by atoms with Gasteiger partial charge in [0, 0.05) is 12.6 Å². The van der Waals surface area contributed by atoms with Gasteiger partial charge in [-0.15, -0.1) is 0 Å². The van der Waals surface area contributed by atoms with Crippen LogP contribution in [0.1, 0.15) is 21.5 Å². The highest BCUT2D eigenvalue weighted by Crippen LogP contribution is 2.22. The fourth-order valence-corrected chi connectivity index (χ4v) is 2.17. The third kappa shape index (κ3) is 3.78. The van der Waals surface area contributed by atoms with Gasteiger partial charge >= 0.3 is 5.97 Å². The van der Waals surface area contributed by atoms with Gasteiger partial charge in [0.05, 0.1) is 19.1 Å². The Bertz CT molecular complexity index is 776. The summed E-state index contributed by atoms with van der Waals surface area (Å²) in [5.41, 5.74) is 1.74. The molecule has 0 spiro atoms. The lowest BCUT2D eigenvalue weighted by molar-refractivity contribution is -0.385. The minimum absolute atomic E-state index is 0.0597. The Morgan fingerprint density at radius 3 is 2.67 bits per heavy atom. The van der Waals surface area contributed by atoms with Gasteiger partial charge in [-0.2, -0.15) is 0 Å². The quantitative estimate of drug-likeness (QED) is 0.493. The van der Waals surface area contributed by atoms with Crippen molar-refractivity contribution in [1.82, 2.24) is 4.98 Å². The lowest BCUT2D eigenvalue weighted by atomic mass is 10.1. The zero-order chi connectivity index (χ0) is 17.7. The topological polar surface area (TPSA) is 104 Å². The van der Waals surface area contributed by atoms with E-state index < -0.39 is 10.9 Å². The molecule has 24 heavy (non-hydrogen) atoms. The molecule has 1 aromatic carbocycles. The Morgan fingerprint density at radius 1 is 1.33 bits per heavy atom. The minimum atomic E-state index is -0.490. The lowest BCUT2D eigenvalue weighted by Gasteiger charge is -2.11. The molecule has 0 aliphatic heterocycles. The molecule has 126 valence electrons. The number of methoxy groups -OCH3 is 2. The number of rotatable bonds is 6. The largest absolute Gasteiger partial charge is 0.496 e. The first-order valence-electron chi connectivity index (χ1n) is 7.06. The molecule has 1 N–H and O–H groups in total. The Kier molecular flexibility index (Phi) is 5.31. The molecule has 0 atom stereocenters. The summed E-state index contributed by atoms with van der Waals surface area (Å²) in [6.45, 7) is 2.12. The number of hydrogen-bond donors (Lipinski definition) is 1. The summed E-state index contributed by atoms with van der Waals surface area (Å²) in [7, 11) is 2.78. The van der Waals surface area contributed by atoms with Crippen molar-refractivity contribution < 1.29 is 19.2 Å². The number of ether oxygens (including phenoxy) is 2. The molecule has 0 aliphatic rings. The van der Waals surface area contributed by atoms with Crippen molar-refractivity contribution in [2.75, 3.05) is 19.5 Å². The normalized spacial score (nSPS) is 10.1. The number of nitrogens with zero attached hydrogens (tertiary/aromatic N) is 2. The smallest absolute Gasteiger partial charge is 0.341 e. The SMILES string of the molecule is COC(=O)c1cc(CNc2ncc([N+](=O)[O-])cc2C)ccc1OC. The van der Waals surface area contributed by atoms with E-state index in [0.717, 1.165) is 5.56 Å². The van der Waals surface area contributed by atoms with E-state index in [1.807, 2.05) is 0 Å². The molecule has 0 saturated carbocycles. The van der Waals surface area contributed by atoms with Gasteiger partial charge in [0.1, 0.15) is 23.3 Å². The highest BCUT2D eigenvalue weighted by Gasteiger charge is 2.14. The van der Waals surface area contributed by atoms with Crippen molar-refractivity contribution in [3.05, 3.63) is 57.3 Å². The number of aromatic nitrogens is 1. The second-order valence-electron chi connectivity index (χ2n) is 5.00. The Balaban J connectivity index is 2.17. The van der Waals surface area contributed by atoms with Crippen LogP contribution in [-0.4, -0.2) is 30.1 Å². The van der Waals surface area contributed by atoms with Crippen molar-refractivity contribution in [3.8, 4) is 5.75 Å². The molecule has 0 radical (unpaired) electrons. The molecular weight excluding hydrogens is 314 g/mol. The minimum Gasteiger partial charge on any atom is -0.496 e. The monoisotopic (exact) mass is 331 g/mol. The van der Waals surface area contributed by atoms with Gasteiger partial charge < -0.3 is 14.8 Å². The fraction of sp³-hybridized carbons (Fsp3) is 0.250. The zero-order valence-corrected chi connectivity index (χ0v) is 13.5. The van der Waals surface area contributed by atoms with Crippen molar-refractivity contribution in [2.45, 2.75) is 13.5 Å². The molecule has 8 nitrogen and oxygen atoms in total. The number of hydrogen-bond acceptors (Lipinski definition) is 7. The molecule has 0 fully saturated rings. The molecule has 1 aromatic heterocycles. The number of pyridine rings is 1. The van der Waals surface area contributed by atoms with Crippen LogP contribution in [0.3, 0.4) is 0 Å². The summed E-state index contributed by atoms with van der Waals surface area (Å²) < 4.78 is 9.88. The summed E-state index contributed by atoms with van der Waals surface area (Å²) >= 11 is 0. The predicted octanol–water partition coefficient (Wildman–Crippen LogP) is 2.71. The summed E-state index contributed by atoms with van der Waals surface area (Å²) in [4.78, 5) is 26.1. The summed E-state index contributed by atoms with van der Waals surface area (Å²) in [6.07, 6.45) is 1.20. The second kappa shape index (κ2) is 7.40. The van der Waals surface area contributed by atoms with Crippen LogP contribution >= 0.6 is 0 Å². The number of carbonyl (C=O) groups is 1. The van der Waals surface area contributed by atoms with Crippen LogP contribution in [0.2, 0.25) is 0 Å². The van der Waals surface area contributed by atoms with E-state index >= 15 is 0 Å². The highest BCUT2D eigenvalue weighted by atomic mass is 16.6. The number of anilines is 1. The maximum Gasteiger partial charge on any atom is 0.341 e. The molecule has 0 aliphatic carbocycles. The van der Waals surface area contributed by atoms with E-state index in [1.54, 1.807) is 25.1 Å². The van der Waals surface area contributed by atoms with Crippen LogP contribution in [0, 0.1) is 17.0 Å². The van der Waals surface area contributed by atoms with Crippen molar-refractivity contribution in [2.24, 2.45) is 0 Å². The van der Waals surface area contributed by atoms with E-state index in [2.05, 4.69) is 10.3 Å². The summed E-state index contributed by atoms with van der Waals surface area (Å²) in [5, 5.41) is 13.8. The van der Waals surface area contributed by atoms with Crippen LogP contribution in [0.15, 0.2) is 30.5 Å². The highest BCUT2D eigenvalue weighted by molar-refractivity contribution is 5.92. The Labute approximate surface area is 138 Å². The van der Waals surface area contributed by atoms with Crippen LogP contribution in [-0.2, 0) is 11.3 Å². The zero-order valence-electron chi connectivity index (χ0n) is 13.5. The van der Waals surface area contributed by atoms with Crippen molar-refractivity contribution in [3.63, 3.8) is 0 Å². The molecule has 2 aromatic rings. The average Bonchev–Trinajstić information content (AvgIpc) is 2.59. The summed E-state index contributed by atoms with van der Waals surface area (Å²) in [6, 6.07) is 6.60. The molecular formula is C16H17N3O5. The molecule has 8 heteroatoms. The number of benzene rings is 1. The van der Waals surface area contributed by atoms with Crippen molar-refractivity contribution in [1.29, 1.82) is 0 Å². The number of nitro groups is 1. The van der Waals surface area contributed by atoms with E-state index in [-0.39, 0.29) is 5.69 Å². The maximum atomic E-state index is 11.8. The number of esters is 1. The first kappa shape index (κ1) is 17.2. The summed E-state index contributed by atoms with van der Waals surface area (Å²) in [5.74, 6) is 0.476. The molecule has 0 saturated heterocycles. The molecule has 2 rings (SSSR count). The number of aryl methyl sites for hydroxylation is 1. The van der Waals surface area contributed by atoms with E-state index in [1.165, 1.54) is 26.5 Å². The standard InChI is InChI=1S/C16H17N3O5/c1-10-6-12(19(21)22)9-18-15(10)17-8-11-4-5-14(23-2)13(7-11)16(20)24-3/h4-7,9H,8H2,1-3H3,(H,17,18). The van der Waals surface area contributed by atoms with Gasteiger partial charge in [-0.05, 0) is 30.2 Å². The van der Waals surface area contributed by atoms with Gasteiger partial charge in [0.15, 0.2) is 0 Å². The third-order valence-electron chi connectivity index (χ3n) is 3.40. The molecule has 0 amide bonds. The Hall–Kier alpha value is -3.16. The van der Waals surface area contributed by atoms with Gasteiger partial charge in [-0.25, -0.2) is 9.78 Å². The molecule has 0 unspecified atom stereocenters. The van der Waals surface area contributed by atoms with Gasteiger partial charge in [-0.1, -0.05) is 6.07 Å². The maximum absolute atomic E-state index is 11.8. The van der Waals surface area contributed by atoms with E-state index in [0.29, 0.717) is 29.2 Å². The average molecular weight is 331 g/mol. The van der Waals surface area contributed by atoms with Crippen molar-refractivity contribution >= 4 is 17.5 Å². The first-order chi connectivity index (χ1) is 11.5. The van der Waals surface area contributed by atoms with Gasteiger partial charge in [0.25, 0.3) is 5.69 Å². The predicted molar refractivity (Wildman–Crippen MR) is 87.3 cm³/mol. The van der Waals surface area contributed by atoms with Crippen LogP contribution < -0.4 is 10.1 Å². The van der Waals surface area contributed by atoms with Crippen LogP contribution in [0.5, 0.6) is 5.75 Å². The first-order valence-corrected chi connectivity index (χ1v) is 7.06. The number of nitrogens with one attached hydrogen (secondary N) is 1. The molecule has 1 heterocycles. The Morgan fingerprint density at radius 2 is 2.08 bits per heavy atom. The second-order valence-corrected chi connectivity index (χ2v) is 5.00. The third-order valence-corrected chi connectivity index (χ3v) is 3.40. The van der Waals surface area contributed by atoms with E-state index in [9.17, 15) is 14.9 Å². The molecule has 0 bridgehead atoms. The lowest BCUT2D eigenvalue weighted by Crippen LogP contribution is -2.08. The number of carbonyl (C=O) groups excluding carboxylic acids is 1. The van der Waals surface area contributed by atoms with Crippen LogP contribution in [0.25, 0.3) is 0 Å². The van der Waals surface area contributed by atoms with Gasteiger partial charge in [-0.3, -0.25) is 10.1 Å². The fourth-order valence-electron chi connectivity index (χ4n) is 2.17.